The van der Waals surface area contributed by atoms with Gasteiger partial charge in [0, 0.05) is 13.6 Å². The van der Waals surface area contributed by atoms with Gasteiger partial charge in [-0.05, 0) is 23.4 Å². The van der Waals surface area contributed by atoms with Crippen LogP contribution < -0.4 is 5.73 Å². The minimum atomic E-state index is -4.56. The molecule has 0 radical (unpaired) electrons. The molecule has 18 heavy (non-hydrogen) atoms. The lowest BCUT2D eigenvalue weighted by Gasteiger charge is -2.19. The first-order valence-corrected chi connectivity index (χ1v) is 5.60. The third kappa shape index (κ3) is 4.10. The van der Waals surface area contributed by atoms with Crippen molar-refractivity contribution in [3.05, 3.63) is 29.6 Å². The second-order valence-electron chi connectivity index (χ2n) is 3.52. The van der Waals surface area contributed by atoms with E-state index < -0.39 is 28.0 Å². The van der Waals surface area contributed by atoms with Crippen LogP contribution in [0.5, 0.6) is 0 Å². The van der Waals surface area contributed by atoms with Crippen LogP contribution in [0, 0.1) is 11.2 Å². The fourth-order valence-electron chi connectivity index (χ4n) is 1.25. The van der Waals surface area contributed by atoms with Crippen molar-refractivity contribution in [2.24, 2.45) is 5.73 Å². The van der Waals surface area contributed by atoms with Crippen molar-refractivity contribution in [2.75, 3.05) is 7.05 Å². The number of thioether (sulfide) groups is 1. The summed E-state index contributed by atoms with van der Waals surface area (Å²) in [7, 11) is 1.44. The summed E-state index contributed by atoms with van der Waals surface area (Å²) >= 11 is -0.505. The van der Waals surface area contributed by atoms with E-state index >= 15 is 0 Å². The van der Waals surface area contributed by atoms with E-state index in [2.05, 4.69) is 0 Å². The Kier molecular flexibility index (Phi) is 4.44. The van der Waals surface area contributed by atoms with Gasteiger partial charge in [-0.25, -0.2) is 4.39 Å². The van der Waals surface area contributed by atoms with Crippen molar-refractivity contribution in [2.45, 2.75) is 16.9 Å². The lowest BCUT2D eigenvalue weighted by molar-refractivity contribution is -0.0329. The molecule has 1 aromatic rings. The zero-order valence-corrected chi connectivity index (χ0v) is 10.2. The normalized spacial score (nSPS) is 11.4. The zero-order chi connectivity index (χ0) is 13.9. The maximum Gasteiger partial charge on any atom is 0.446 e. The largest absolute Gasteiger partial charge is 0.446 e. The van der Waals surface area contributed by atoms with Crippen LogP contribution in [0.2, 0.25) is 0 Å². The van der Waals surface area contributed by atoms with E-state index in [1.165, 1.54) is 24.1 Å². The van der Waals surface area contributed by atoms with Crippen molar-refractivity contribution >= 4 is 17.7 Å². The summed E-state index contributed by atoms with van der Waals surface area (Å²) in [4.78, 5) is 0.730. The van der Waals surface area contributed by atoms with E-state index in [0.29, 0.717) is 0 Å². The summed E-state index contributed by atoms with van der Waals surface area (Å²) in [6, 6.07) is 3.65. The van der Waals surface area contributed by atoms with Crippen molar-refractivity contribution in [3.8, 4) is 0 Å². The van der Waals surface area contributed by atoms with E-state index in [1.54, 1.807) is 0 Å². The Morgan fingerprint density at radius 1 is 1.44 bits per heavy atom. The van der Waals surface area contributed by atoms with E-state index in [4.69, 9.17) is 11.1 Å². The Labute approximate surface area is 105 Å². The number of rotatable bonds is 3. The molecule has 0 saturated carbocycles. The molecule has 0 aliphatic rings. The monoisotopic (exact) mass is 281 g/mol. The van der Waals surface area contributed by atoms with Crippen LogP contribution >= 0.6 is 11.8 Å². The Hall–Kier alpha value is -1.44. The second-order valence-corrected chi connectivity index (χ2v) is 4.59. The molecule has 0 aliphatic carbocycles. The highest BCUT2D eigenvalue weighted by atomic mass is 32.2. The number of benzene rings is 1. The van der Waals surface area contributed by atoms with Crippen LogP contribution in [0.3, 0.4) is 0 Å². The molecule has 0 bridgehead atoms. The molecule has 0 atom stereocenters. The number of alkyl halides is 3. The SMILES string of the molecule is CN(Cc1cccc(F)c1SC(F)(F)F)C(=N)N. The first kappa shape index (κ1) is 14.6. The summed E-state index contributed by atoms with van der Waals surface area (Å²) < 4.78 is 50.3. The minimum Gasteiger partial charge on any atom is -0.370 e. The van der Waals surface area contributed by atoms with Crippen molar-refractivity contribution in [1.29, 1.82) is 5.41 Å². The van der Waals surface area contributed by atoms with Gasteiger partial charge in [0.2, 0.25) is 0 Å². The lowest BCUT2D eigenvalue weighted by atomic mass is 10.2. The van der Waals surface area contributed by atoms with Crippen LogP contribution in [0.4, 0.5) is 17.6 Å². The smallest absolute Gasteiger partial charge is 0.370 e. The van der Waals surface area contributed by atoms with Crippen LogP contribution in [-0.2, 0) is 6.54 Å². The highest BCUT2D eigenvalue weighted by Gasteiger charge is 2.32. The summed E-state index contributed by atoms with van der Waals surface area (Å²) in [5, 5.41) is 7.13. The van der Waals surface area contributed by atoms with Gasteiger partial charge in [-0.2, -0.15) is 13.2 Å². The van der Waals surface area contributed by atoms with Gasteiger partial charge in [-0.1, -0.05) is 12.1 Å². The van der Waals surface area contributed by atoms with Crippen molar-refractivity contribution < 1.29 is 17.6 Å². The molecular formula is C10H11F4N3S. The number of guanidine groups is 1. The molecule has 0 heterocycles. The molecule has 0 aliphatic heterocycles. The number of hydrogen-bond donors (Lipinski definition) is 2. The maximum atomic E-state index is 13.4. The van der Waals surface area contributed by atoms with Crippen LogP contribution in [0.1, 0.15) is 5.56 Å². The molecule has 0 aromatic heterocycles. The number of nitrogens with two attached hydrogens (primary N) is 1. The molecule has 8 heteroatoms. The summed E-state index contributed by atoms with van der Waals surface area (Å²) in [6.07, 6.45) is 0. The minimum absolute atomic E-state index is 0.0640. The summed E-state index contributed by atoms with van der Waals surface area (Å²) in [5.41, 5.74) is 0.756. The zero-order valence-electron chi connectivity index (χ0n) is 9.38. The second kappa shape index (κ2) is 5.47. The Balaban J connectivity index is 3.04. The van der Waals surface area contributed by atoms with Gasteiger partial charge in [0.25, 0.3) is 0 Å². The number of halogens is 4. The average molecular weight is 281 g/mol. The predicted octanol–water partition coefficient (Wildman–Crippen LogP) is 2.76. The van der Waals surface area contributed by atoms with Crippen LogP contribution in [0.15, 0.2) is 23.1 Å². The molecule has 0 spiro atoms. The van der Waals surface area contributed by atoms with E-state index in [0.717, 1.165) is 6.07 Å². The molecule has 3 nitrogen and oxygen atoms in total. The average Bonchev–Trinajstić information content (AvgIpc) is 2.21. The fourth-order valence-corrected chi connectivity index (χ4v) is 1.91. The third-order valence-corrected chi connectivity index (χ3v) is 2.98. The molecule has 0 amide bonds. The number of hydrogen-bond acceptors (Lipinski definition) is 2. The lowest BCUT2D eigenvalue weighted by Crippen LogP contribution is -2.32. The first-order valence-electron chi connectivity index (χ1n) is 4.79. The van der Waals surface area contributed by atoms with Gasteiger partial charge in [-0.3, -0.25) is 5.41 Å². The fraction of sp³-hybridized carbons (Fsp3) is 0.300. The van der Waals surface area contributed by atoms with Gasteiger partial charge in [0.1, 0.15) is 5.82 Å². The molecule has 0 fully saturated rings. The molecule has 3 N–H and O–H groups in total. The molecule has 1 rings (SSSR count). The number of nitrogens with one attached hydrogen (secondary N) is 1. The Morgan fingerprint density at radius 2 is 2.06 bits per heavy atom. The quantitative estimate of drug-likeness (QED) is 0.388. The Morgan fingerprint density at radius 3 is 2.56 bits per heavy atom. The third-order valence-electron chi connectivity index (χ3n) is 2.09. The van der Waals surface area contributed by atoms with Gasteiger partial charge >= 0.3 is 5.51 Å². The first-order chi connectivity index (χ1) is 8.20. The van der Waals surface area contributed by atoms with Crippen LogP contribution in [-0.4, -0.2) is 23.4 Å². The van der Waals surface area contributed by atoms with Gasteiger partial charge in [0.15, 0.2) is 5.96 Å². The van der Waals surface area contributed by atoms with Crippen molar-refractivity contribution in [3.63, 3.8) is 0 Å². The van der Waals surface area contributed by atoms with E-state index in [1.807, 2.05) is 0 Å². The molecule has 1 aromatic carbocycles. The summed E-state index contributed by atoms with van der Waals surface area (Å²) in [6.45, 7) is -0.0640. The molecule has 0 saturated heterocycles. The van der Waals surface area contributed by atoms with Crippen molar-refractivity contribution in [1.82, 2.24) is 4.90 Å². The standard InChI is InChI=1S/C10H11F4N3S/c1-17(9(15)16)5-6-3-2-4-7(11)8(6)18-10(12,13)14/h2-4H,5H2,1H3,(H3,15,16). The topological polar surface area (TPSA) is 53.1 Å². The highest BCUT2D eigenvalue weighted by Crippen LogP contribution is 2.40. The molecule has 100 valence electrons. The summed E-state index contributed by atoms with van der Waals surface area (Å²) in [5.74, 6) is -1.24. The van der Waals surface area contributed by atoms with Gasteiger partial charge in [-0.15, -0.1) is 0 Å². The maximum absolute atomic E-state index is 13.4. The molecule has 0 unspecified atom stereocenters. The van der Waals surface area contributed by atoms with E-state index in [9.17, 15) is 17.6 Å². The van der Waals surface area contributed by atoms with Gasteiger partial charge in [0.05, 0.1) is 4.90 Å². The number of nitrogens with zero attached hydrogens (tertiary/aromatic N) is 1. The van der Waals surface area contributed by atoms with Crippen LogP contribution in [0.25, 0.3) is 0 Å². The molecular weight excluding hydrogens is 270 g/mol. The predicted molar refractivity (Wildman–Crippen MR) is 61.7 cm³/mol. The van der Waals surface area contributed by atoms with Gasteiger partial charge < -0.3 is 10.6 Å². The Bertz CT molecular complexity index is 447. The van der Waals surface area contributed by atoms with E-state index in [-0.39, 0.29) is 18.1 Å². The highest BCUT2D eigenvalue weighted by molar-refractivity contribution is 8.00.